The van der Waals surface area contributed by atoms with Crippen LogP contribution in [0, 0.1) is 0 Å². The van der Waals surface area contributed by atoms with Crippen molar-refractivity contribution < 1.29 is 33.5 Å². The summed E-state index contributed by atoms with van der Waals surface area (Å²) in [5.41, 5.74) is 27.1. The average Bonchev–Trinajstić information content (AvgIpc) is 1.69. The first-order chi connectivity index (χ1) is 51.7. The number of para-hydroxylation sites is 3. The van der Waals surface area contributed by atoms with Gasteiger partial charge >= 0.3 is 18.3 Å². The number of ether oxygens (including phenoxy) is 1. The minimum absolute atomic E-state index is 0. The Morgan fingerprint density at radius 3 is 0.944 bits per heavy atom. The molecule has 0 saturated heterocycles. The van der Waals surface area contributed by atoms with Gasteiger partial charge in [0.25, 0.3) is 0 Å². The number of nitrogens with two attached hydrogens (primary N) is 2. The number of hydrogen-bond acceptors (Lipinski definition) is 19. The number of aldehydes is 1. The van der Waals surface area contributed by atoms with E-state index in [2.05, 4.69) is 302 Å². The second-order valence-corrected chi connectivity index (χ2v) is 29.5. The lowest BCUT2D eigenvalue weighted by molar-refractivity contribution is -0.193. The maximum Gasteiger partial charge on any atom is 0.373 e. The fourth-order valence-electron chi connectivity index (χ4n) is 11.4. The minimum Gasteiger partial charge on any atom is -0.469 e. The third-order valence-corrected chi connectivity index (χ3v) is 22.6. The van der Waals surface area contributed by atoms with Crippen LogP contribution < -0.4 is 26.2 Å². The van der Waals surface area contributed by atoms with Crippen molar-refractivity contribution in [2.24, 2.45) is 11.5 Å². The van der Waals surface area contributed by atoms with Gasteiger partial charge < -0.3 is 30.9 Å². The van der Waals surface area contributed by atoms with Crippen LogP contribution in [-0.2, 0) is 48.0 Å². The molecule has 4 N–H and O–H groups in total. The van der Waals surface area contributed by atoms with E-state index in [0.717, 1.165) is 139 Å². The van der Waals surface area contributed by atoms with Crippen molar-refractivity contribution in [2.75, 3.05) is 21.8 Å². The normalized spacial score (nSPS) is 10.3. The first kappa shape index (κ1) is 79.8. The molecule has 0 bridgehead atoms. The molecular formula is C86H75N7O7S7. The number of benzene rings is 9. The zero-order valence-electron chi connectivity index (χ0n) is 57.9. The summed E-state index contributed by atoms with van der Waals surface area (Å²) in [6.07, 6.45) is 6.89. The number of carbonyl (C=O) groups is 2. The smallest absolute Gasteiger partial charge is 0.373 e. The van der Waals surface area contributed by atoms with Gasteiger partial charge in [0.05, 0.1) is 21.7 Å². The van der Waals surface area contributed by atoms with Crippen molar-refractivity contribution in [1.82, 2.24) is 9.97 Å². The Balaban J connectivity index is 0.000000260. The molecule has 5 aromatic heterocycles. The predicted molar refractivity (Wildman–Crippen MR) is 451 cm³/mol. The summed E-state index contributed by atoms with van der Waals surface area (Å²) in [6.45, 7) is 4.43. The first-order valence-electron chi connectivity index (χ1n) is 33.6. The third-order valence-electron chi connectivity index (χ3n) is 16.4. The number of aromatic nitrogens is 2. The van der Waals surface area contributed by atoms with Crippen molar-refractivity contribution in [3.63, 3.8) is 0 Å². The van der Waals surface area contributed by atoms with E-state index in [1.54, 1.807) is 45.3 Å². The van der Waals surface area contributed by atoms with Crippen molar-refractivity contribution in [1.29, 1.82) is 0 Å². The average molecular weight is 1540 g/mol. The number of hydrogen-bond donors (Lipinski definition) is 2. The maximum absolute atomic E-state index is 11.7. The van der Waals surface area contributed by atoms with Crippen LogP contribution in [0.2, 0.25) is 0 Å². The van der Waals surface area contributed by atoms with Crippen molar-refractivity contribution in [3.8, 4) is 51.1 Å². The molecule has 0 atom stereocenters. The van der Waals surface area contributed by atoms with E-state index in [1.165, 1.54) is 44.9 Å². The number of thiocarbonyl (C=S) groups is 2. The van der Waals surface area contributed by atoms with E-state index in [-0.39, 0.29) is 35.7 Å². The number of esters is 1. The topological polar surface area (TPSA) is 199 Å². The predicted octanol–water partition coefficient (Wildman–Crippen LogP) is 23.2. The second-order valence-electron chi connectivity index (χ2n) is 23.4. The molecule has 14 rings (SSSR count). The summed E-state index contributed by atoms with van der Waals surface area (Å²) >= 11 is 17.0. The molecule has 0 aliphatic carbocycles. The number of thiophene rings is 3. The van der Waals surface area contributed by atoms with Crippen LogP contribution in [-0.4, -0.2) is 51.6 Å². The van der Waals surface area contributed by atoms with Crippen LogP contribution in [0.3, 0.4) is 0 Å². The molecule has 0 saturated carbocycles. The molecule has 0 radical (unpaired) electrons. The first-order valence-corrected chi connectivity index (χ1v) is 38.5. The highest BCUT2D eigenvalue weighted by atomic mass is 32.1. The molecule has 107 heavy (non-hydrogen) atoms. The Bertz CT molecular complexity index is 5170. The number of rotatable bonds is 22. The Kier molecular flexibility index (Phi) is 30.0. The Labute approximate surface area is 653 Å². The highest BCUT2D eigenvalue weighted by Crippen LogP contribution is 2.45. The van der Waals surface area contributed by atoms with E-state index in [0.29, 0.717) is 12.8 Å². The van der Waals surface area contributed by atoms with Gasteiger partial charge in [-0.05, 0) is 198 Å². The third kappa shape index (κ3) is 21.5. The van der Waals surface area contributed by atoms with Gasteiger partial charge in [-0.25, -0.2) is 9.97 Å². The lowest BCUT2D eigenvalue weighted by atomic mass is 10.1. The SMILES string of the molecule is C.CCCc1ccc(N(c2ccccc2)c2ccc(-c3ccc(-c4nc5sc(-c6ccc(-c7ccc(N(c8ccccc8)c8ccc(CCC(=O)OC)cc8)cc7)s6)nc5s4)s3)cc2)cc1.CCCc1ccc(N(c2ccccc2)c2ccc(-c3ccc(C=O)s3)cc2)cc1.NC(=S)C(N)=S.O=C=O.O=C=O. The van der Waals surface area contributed by atoms with E-state index >= 15 is 0 Å². The van der Waals surface area contributed by atoms with Gasteiger partial charge in [-0.3, -0.25) is 9.59 Å². The monoisotopic (exact) mass is 1540 g/mol. The van der Waals surface area contributed by atoms with Crippen molar-refractivity contribution in [3.05, 3.63) is 295 Å². The largest absolute Gasteiger partial charge is 0.469 e. The van der Waals surface area contributed by atoms with Gasteiger partial charge in [-0.2, -0.15) is 19.2 Å². The zero-order valence-corrected chi connectivity index (χ0v) is 63.6. The second kappa shape index (κ2) is 40.2. The van der Waals surface area contributed by atoms with Gasteiger partial charge in [-0.1, -0.05) is 209 Å². The number of thiazole rings is 2. The Hall–Kier alpha value is -11.3. The molecular weight excluding hydrogens is 1470 g/mol. The molecule has 0 fully saturated rings. The molecule has 9 aromatic carbocycles. The van der Waals surface area contributed by atoms with Crippen LogP contribution in [0.25, 0.3) is 60.8 Å². The minimum atomic E-state index is -0.200. The zero-order chi connectivity index (χ0) is 74.7. The molecule has 0 unspecified atom stereocenters. The van der Waals surface area contributed by atoms with Crippen LogP contribution in [0.15, 0.2) is 273 Å². The quantitative estimate of drug-likeness (QED) is 0.0368. The Morgan fingerprint density at radius 2 is 0.664 bits per heavy atom. The number of carbonyl (C=O) groups excluding carboxylic acids is 6. The van der Waals surface area contributed by atoms with Crippen LogP contribution >= 0.6 is 81.1 Å². The van der Waals surface area contributed by atoms with Crippen LogP contribution in [0.1, 0.15) is 66.9 Å². The maximum atomic E-state index is 11.7. The number of methoxy groups -OCH3 is 1. The van der Waals surface area contributed by atoms with Gasteiger partial charge in [0.2, 0.25) is 0 Å². The number of nitrogens with zero attached hydrogens (tertiary/aromatic N) is 5. The fraction of sp³-hybridized carbons (Fsp3) is 0.116. The highest BCUT2D eigenvalue weighted by Gasteiger charge is 2.20. The lowest BCUT2D eigenvalue weighted by Gasteiger charge is -2.25. The number of anilines is 9. The van der Waals surface area contributed by atoms with E-state index < -0.39 is 0 Å². The van der Waals surface area contributed by atoms with Crippen molar-refractivity contribution >= 4 is 177 Å². The number of fused-ring (bicyclic) bond motifs is 1. The van der Waals surface area contributed by atoms with Crippen LogP contribution in [0.4, 0.5) is 51.2 Å². The van der Waals surface area contributed by atoms with Gasteiger partial charge in [0, 0.05) is 72.2 Å². The fourth-order valence-corrected chi connectivity index (χ4v) is 16.4. The highest BCUT2D eigenvalue weighted by molar-refractivity contribution is 7.89. The molecule has 14 nitrogen and oxygen atoms in total. The molecule has 538 valence electrons. The summed E-state index contributed by atoms with van der Waals surface area (Å²) in [7, 11) is 1.43. The molecule has 14 aromatic rings. The summed E-state index contributed by atoms with van der Waals surface area (Å²) in [5.74, 6) is -0.200. The summed E-state index contributed by atoms with van der Waals surface area (Å²) < 4.78 is 4.83. The molecule has 5 heterocycles. The molecule has 0 amide bonds. The van der Waals surface area contributed by atoms with Gasteiger partial charge in [0.1, 0.15) is 20.0 Å². The summed E-state index contributed by atoms with van der Waals surface area (Å²) in [5, 5.41) is 2.00. The lowest BCUT2D eigenvalue weighted by Crippen LogP contribution is -2.26. The van der Waals surface area contributed by atoms with E-state index in [9.17, 15) is 9.59 Å². The van der Waals surface area contributed by atoms with E-state index in [4.69, 9.17) is 45.4 Å². The molecule has 0 aliphatic heterocycles. The number of aryl methyl sites for hydroxylation is 3. The van der Waals surface area contributed by atoms with Crippen molar-refractivity contribution in [2.45, 2.75) is 59.8 Å². The Morgan fingerprint density at radius 1 is 0.393 bits per heavy atom. The standard InChI is InChI=1S/C55H44N4O2S4.C26H23NOS.C2H4N2S2.2CO2.CH4/c1-3-10-37-15-24-43(25-16-37)58(41-11-6-4-7-12-41)45-28-20-39(21-29-45)47-32-34-49(62-47)52-56-54-55(64-52)57-53(65-54)50-35-33-48(63-50)40-22-30-46(31-23-40)59(42-13-8-5-9-14-42)44-26-17-38(18-27-44)19-36-51(60)61-2;1-2-6-20-9-13-23(14-10-20)27(22-7-4-3-5-8-22)24-15-11-21(12-16-24)26-18-17-25(19-28)29-26;3-1(5)2(4)6;2*2-1-3;/h4-9,11-18,20-35H,3,10,19,36H2,1-2H3;3-5,7-19H,2,6H2,1H3;(H2,3,5)(H2,4,6);;;1H4. The van der Waals surface area contributed by atoms with Gasteiger partial charge in [0.15, 0.2) is 15.9 Å². The van der Waals surface area contributed by atoms with Gasteiger partial charge in [-0.15, -0.1) is 34.0 Å². The molecule has 0 spiro atoms. The molecule has 21 heteroatoms. The molecule has 0 aliphatic rings. The summed E-state index contributed by atoms with van der Waals surface area (Å²) in [4.78, 5) is 80.9. The van der Waals surface area contributed by atoms with E-state index in [1.807, 2.05) is 24.3 Å². The summed E-state index contributed by atoms with van der Waals surface area (Å²) in [6, 6.07) is 96.3. The van der Waals surface area contributed by atoms with Crippen LogP contribution in [0.5, 0.6) is 0 Å².